The molecule has 21 heteroatoms. The van der Waals surface area contributed by atoms with Gasteiger partial charge in [0.25, 0.3) is 0 Å². The van der Waals surface area contributed by atoms with Gasteiger partial charge in [0.2, 0.25) is 15.9 Å². The largest absolute Gasteiger partial charge is 0.341 e. The van der Waals surface area contributed by atoms with Crippen molar-refractivity contribution in [2.45, 2.75) is 20.8 Å². The third-order valence-corrected chi connectivity index (χ3v) is 7.30. The predicted molar refractivity (Wildman–Crippen MR) is 180 cm³/mol. The third-order valence-electron chi connectivity index (χ3n) is 6.26. The third kappa shape index (κ3) is 7.63. The van der Waals surface area contributed by atoms with Crippen molar-refractivity contribution in [2.75, 3.05) is 0 Å². The van der Waals surface area contributed by atoms with E-state index < -0.39 is 0 Å². The van der Waals surface area contributed by atoms with Gasteiger partial charge in [-0.1, -0.05) is 23.2 Å². The van der Waals surface area contributed by atoms with E-state index in [4.69, 9.17) is 58.0 Å². The maximum absolute atomic E-state index is 5.76. The van der Waals surface area contributed by atoms with Crippen LogP contribution in [0.3, 0.4) is 0 Å². The fourth-order valence-corrected chi connectivity index (χ4v) is 5.17. The van der Waals surface area contributed by atoms with Gasteiger partial charge in [-0.2, -0.15) is 15.0 Å². The summed E-state index contributed by atoms with van der Waals surface area (Å²) >= 11 is 28.3. The molecule has 8 heterocycles. The molecule has 0 amide bonds. The van der Waals surface area contributed by atoms with Crippen molar-refractivity contribution in [3.63, 3.8) is 0 Å². The summed E-state index contributed by atoms with van der Waals surface area (Å²) in [7, 11) is 5.62. The number of aryl methyl sites for hydroxylation is 6. The van der Waals surface area contributed by atoms with Crippen LogP contribution in [-0.4, -0.2) is 78.5 Å². The van der Waals surface area contributed by atoms with Gasteiger partial charge in [0, 0.05) is 21.1 Å². The molecule has 0 saturated heterocycles. The van der Waals surface area contributed by atoms with Crippen LogP contribution in [0.1, 0.15) is 17.2 Å². The Labute approximate surface area is 290 Å². The van der Waals surface area contributed by atoms with Gasteiger partial charge in [-0.15, -0.1) is 0 Å². The number of H-pyrrole nitrogens is 1. The van der Waals surface area contributed by atoms with Crippen LogP contribution in [0.4, 0.5) is 0 Å². The number of hydrogen-bond acceptors (Lipinski definition) is 12. The van der Waals surface area contributed by atoms with E-state index in [1.54, 1.807) is 23.5 Å². The average molecular weight is 737 g/mol. The summed E-state index contributed by atoms with van der Waals surface area (Å²) in [4.78, 5) is 50.8. The lowest BCUT2D eigenvalue weighted by Gasteiger charge is -1.97. The van der Waals surface area contributed by atoms with Gasteiger partial charge in [0.1, 0.15) is 27.9 Å². The Morgan fingerprint density at radius 1 is 0.511 bits per heavy atom. The van der Waals surface area contributed by atoms with Gasteiger partial charge < -0.3 is 18.7 Å². The summed E-state index contributed by atoms with van der Waals surface area (Å²) in [5.74, 6) is 0.795. The van der Waals surface area contributed by atoms with Gasteiger partial charge in [-0.3, -0.25) is 0 Å². The molecule has 0 saturated carbocycles. The Morgan fingerprint density at radius 2 is 0.979 bits per heavy atom. The lowest BCUT2D eigenvalue weighted by atomic mass is 10.4. The zero-order valence-corrected chi connectivity index (χ0v) is 29.2. The van der Waals surface area contributed by atoms with Crippen molar-refractivity contribution in [1.82, 2.24) is 78.5 Å². The normalized spacial score (nSPS) is 10.9. The minimum Gasteiger partial charge on any atom is -0.341 e. The van der Waals surface area contributed by atoms with Crippen LogP contribution >= 0.6 is 58.0 Å². The number of nitrogens with one attached hydrogen (secondary N) is 1. The predicted octanol–water partition coefficient (Wildman–Crippen LogP) is 5.64. The first-order valence-electron chi connectivity index (χ1n) is 13.3. The first-order chi connectivity index (χ1) is 22.3. The molecule has 8 aromatic rings. The topological polar surface area (TPSA) is 185 Å². The zero-order chi connectivity index (χ0) is 34.0. The molecule has 16 nitrogen and oxygen atoms in total. The second-order valence-electron chi connectivity index (χ2n) is 9.69. The molecule has 0 aromatic carbocycles. The maximum Gasteiger partial charge on any atom is 0.225 e. The van der Waals surface area contributed by atoms with E-state index >= 15 is 0 Å². The lowest BCUT2D eigenvalue weighted by Crippen LogP contribution is -1.95. The highest BCUT2D eigenvalue weighted by atomic mass is 35.5. The molecule has 47 heavy (non-hydrogen) atoms. The van der Waals surface area contributed by atoms with Gasteiger partial charge in [0.15, 0.2) is 32.9 Å². The monoisotopic (exact) mass is 734 g/mol. The van der Waals surface area contributed by atoms with Gasteiger partial charge >= 0.3 is 0 Å². The molecule has 1 N–H and O–H groups in total. The van der Waals surface area contributed by atoms with Crippen LogP contribution in [0.2, 0.25) is 26.2 Å². The fourth-order valence-electron chi connectivity index (χ4n) is 4.12. The number of aromatic amines is 1. The van der Waals surface area contributed by atoms with Crippen LogP contribution in [0.5, 0.6) is 0 Å². The smallest absolute Gasteiger partial charge is 0.225 e. The molecule has 0 atom stereocenters. The number of rotatable bonds is 0. The van der Waals surface area contributed by atoms with Crippen LogP contribution in [0.25, 0.3) is 44.7 Å². The Balaban J connectivity index is 0.000000123. The van der Waals surface area contributed by atoms with Gasteiger partial charge in [-0.05, 0) is 55.6 Å². The molecule has 8 aromatic heterocycles. The van der Waals surface area contributed by atoms with Crippen molar-refractivity contribution >= 4 is 103 Å². The molecule has 8 rings (SSSR count). The summed E-state index contributed by atoms with van der Waals surface area (Å²) < 4.78 is 5.45. The molecule has 242 valence electrons. The number of hydrogen-bond donors (Lipinski definition) is 1. The van der Waals surface area contributed by atoms with Crippen molar-refractivity contribution in [3.8, 4) is 0 Å². The Hall–Kier alpha value is -4.35. The first kappa shape index (κ1) is 34.0. The Kier molecular flexibility index (Phi) is 10.3. The van der Waals surface area contributed by atoms with Crippen LogP contribution in [0, 0.1) is 20.8 Å². The minimum atomic E-state index is 0.106. The van der Waals surface area contributed by atoms with Crippen molar-refractivity contribution in [1.29, 1.82) is 0 Å². The zero-order valence-electron chi connectivity index (χ0n) is 25.4. The van der Waals surface area contributed by atoms with E-state index in [0.29, 0.717) is 22.3 Å². The number of imidazole rings is 4. The summed E-state index contributed by atoms with van der Waals surface area (Å²) in [6, 6.07) is 0. The Bertz CT molecular complexity index is 2160. The summed E-state index contributed by atoms with van der Waals surface area (Å²) in [5.41, 5.74) is 7.43. The summed E-state index contributed by atoms with van der Waals surface area (Å²) in [6.07, 6.45) is 6.55. The SMILES string of the molecule is Cc1nc(C)c2ncn(C)c2n1.Cc1nc(Cl)nc2c1ncn2C.Clc1nc(Cl)c2[nH]cnc2n1.Cn1cnc2c(Cl)nc(Cl)nc21. The average Bonchev–Trinajstić information content (AvgIpc) is 3.79. The maximum atomic E-state index is 5.76. The quantitative estimate of drug-likeness (QED) is 0.150. The molecule has 0 aliphatic carbocycles. The van der Waals surface area contributed by atoms with Crippen molar-refractivity contribution in [3.05, 3.63) is 68.7 Å². The number of nitrogens with zero attached hydrogens (tertiary/aromatic N) is 15. The number of halogens is 5. The van der Waals surface area contributed by atoms with Gasteiger partial charge in [-0.25, -0.2) is 44.9 Å². The molecule has 0 fully saturated rings. The van der Waals surface area contributed by atoms with Crippen LogP contribution < -0.4 is 0 Å². The molecule has 0 aliphatic heterocycles. The van der Waals surface area contributed by atoms with Crippen LogP contribution in [-0.2, 0) is 21.1 Å². The molecule has 0 radical (unpaired) electrons. The number of aromatic nitrogens is 16. The molecular formula is C26H23Cl5N16. The van der Waals surface area contributed by atoms with E-state index in [1.165, 1.54) is 6.33 Å². The number of fused-ring (bicyclic) bond motifs is 4. The van der Waals surface area contributed by atoms with E-state index in [1.807, 2.05) is 51.0 Å². The highest BCUT2D eigenvalue weighted by Crippen LogP contribution is 2.20. The Morgan fingerprint density at radius 3 is 1.60 bits per heavy atom. The van der Waals surface area contributed by atoms with E-state index in [0.717, 1.165) is 39.5 Å². The van der Waals surface area contributed by atoms with Crippen molar-refractivity contribution in [2.24, 2.45) is 21.1 Å². The van der Waals surface area contributed by atoms with Crippen LogP contribution in [0.15, 0.2) is 25.3 Å². The highest BCUT2D eigenvalue weighted by molar-refractivity contribution is 6.35. The molecule has 0 aliphatic rings. The molecule has 0 bridgehead atoms. The van der Waals surface area contributed by atoms with E-state index in [2.05, 4.69) is 64.8 Å². The molecular weight excluding hydrogens is 714 g/mol. The standard InChI is InChI=1S/C8H10N4.C7H7ClN4.C6H4Cl2N4.C5H2Cl2N4/c1-5-7-8(11-6(2)10-5)12(3)4-9-7;1-4-5-6(11-7(8)10-4)12(2)3-9-5;1-12-2-9-3-4(7)10-6(8)11-5(3)12;6-3-2-4(9-1-8-2)11-5(7)10-3/h4H,1-3H3;3H,1-2H3;2H,1H3;1H,(H,8,9,10,11). The molecule has 0 spiro atoms. The minimum absolute atomic E-state index is 0.106. The van der Waals surface area contributed by atoms with Crippen molar-refractivity contribution < 1.29 is 0 Å². The lowest BCUT2D eigenvalue weighted by molar-refractivity contribution is 0.917. The fraction of sp³-hybridized carbons (Fsp3) is 0.231. The highest BCUT2D eigenvalue weighted by Gasteiger charge is 2.09. The van der Waals surface area contributed by atoms with E-state index in [9.17, 15) is 0 Å². The second-order valence-corrected chi connectivity index (χ2v) is 11.4. The molecule has 0 unspecified atom stereocenters. The van der Waals surface area contributed by atoms with Gasteiger partial charge in [0.05, 0.1) is 36.7 Å². The van der Waals surface area contributed by atoms with E-state index in [-0.39, 0.29) is 26.2 Å². The summed E-state index contributed by atoms with van der Waals surface area (Å²) in [6.45, 7) is 5.70. The summed E-state index contributed by atoms with van der Waals surface area (Å²) in [5, 5.41) is 1.08. The first-order valence-corrected chi connectivity index (χ1v) is 15.2. The second kappa shape index (κ2) is 14.2.